The lowest BCUT2D eigenvalue weighted by atomic mass is 10.1. The number of nitrogens with one attached hydrogen (secondary N) is 2. The molecule has 3 nitrogen and oxygen atoms in total. The second kappa shape index (κ2) is 8.71. The highest BCUT2D eigenvalue weighted by molar-refractivity contribution is 5.80. The molecule has 0 saturated heterocycles. The molecule has 0 spiro atoms. The molecule has 1 aliphatic carbocycles. The third kappa shape index (κ3) is 5.78. The largest absolute Gasteiger partial charge is 0.376 e. The monoisotopic (exact) mass is 288 g/mol. The van der Waals surface area contributed by atoms with E-state index in [2.05, 4.69) is 41.8 Å². The van der Waals surface area contributed by atoms with Crippen LogP contribution in [0.1, 0.15) is 57.4 Å². The number of amides is 1. The van der Waals surface area contributed by atoms with Gasteiger partial charge in [-0.2, -0.15) is 0 Å². The fraction of sp³-hybridized carbons (Fsp3) is 0.611. The maximum Gasteiger partial charge on any atom is 0.239 e. The van der Waals surface area contributed by atoms with E-state index in [1.165, 1.54) is 31.2 Å². The number of benzene rings is 1. The molecule has 0 unspecified atom stereocenters. The van der Waals surface area contributed by atoms with Gasteiger partial charge in [-0.15, -0.1) is 0 Å². The zero-order valence-electron chi connectivity index (χ0n) is 13.2. The van der Waals surface area contributed by atoms with Gasteiger partial charge in [0.2, 0.25) is 5.91 Å². The summed E-state index contributed by atoms with van der Waals surface area (Å²) in [5.41, 5.74) is 2.37. The van der Waals surface area contributed by atoms with Gasteiger partial charge in [0.15, 0.2) is 0 Å². The molecule has 0 aromatic heterocycles. The Morgan fingerprint density at radius 1 is 1.10 bits per heavy atom. The first kappa shape index (κ1) is 15.9. The summed E-state index contributed by atoms with van der Waals surface area (Å²) in [7, 11) is 0. The van der Waals surface area contributed by atoms with Gasteiger partial charge in [0.1, 0.15) is 0 Å². The Hall–Kier alpha value is -1.51. The normalized spacial score (nSPS) is 16.2. The molecule has 21 heavy (non-hydrogen) atoms. The van der Waals surface area contributed by atoms with Crippen LogP contribution in [0.15, 0.2) is 24.3 Å². The van der Waals surface area contributed by atoms with E-state index in [-0.39, 0.29) is 5.91 Å². The molecule has 1 aromatic rings. The van der Waals surface area contributed by atoms with Crippen LogP contribution in [-0.2, 0) is 11.2 Å². The lowest BCUT2D eigenvalue weighted by Gasteiger charge is -2.16. The number of carbonyl (C=O) groups excluding carboxylic acids is 1. The Labute approximate surface area is 128 Å². The molecular weight excluding hydrogens is 260 g/mol. The standard InChI is InChI=1S/C18H28N2O/c1-2-7-15-10-12-16(13-11-15)19-14-18(21)20-17-8-5-3-4-6-9-17/h10-13,17,19H,2-9,14H2,1H3,(H,20,21). The van der Waals surface area contributed by atoms with Gasteiger partial charge in [-0.3, -0.25) is 4.79 Å². The highest BCUT2D eigenvalue weighted by Crippen LogP contribution is 2.17. The third-order valence-corrected chi connectivity index (χ3v) is 4.17. The average molecular weight is 288 g/mol. The number of aryl methyl sites for hydroxylation is 1. The van der Waals surface area contributed by atoms with Crippen LogP contribution in [0, 0.1) is 0 Å². The molecule has 0 aliphatic heterocycles. The van der Waals surface area contributed by atoms with Crippen LogP contribution in [0.2, 0.25) is 0 Å². The fourth-order valence-electron chi connectivity index (χ4n) is 2.96. The molecule has 1 aromatic carbocycles. The van der Waals surface area contributed by atoms with Crippen LogP contribution >= 0.6 is 0 Å². The average Bonchev–Trinajstić information content (AvgIpc) is 2.75. The third-order valence-electron chi connectivity index (χ3n) is 4.17. The van der Waals surface area contributed by atoms with E-state index in [1.54, 1.807) is 0 Å². The van der Waals surface area contributed by atoms with Crippen LogP contribution in [0.3, 0.4) is 0 Å². The second-order valence-corrected chi connectivity index (χ2v) is 6.06. The van der Waals surface area contributed by atoms with Gasteiger partial charge in [0.05, 0.1) is 6.54 Å². The van der Waals surface area contributed by atoms with Crippen molar-refractivity contribution in [2.24, 2.45) is 0 Å². The van der Waals surface area contributed by atoms with Gasteiger partial charge in [0, 0.05) is 11.7 Å². The fourth-order valence-corrected chi connectivity index (χ4v) is 2.96. The second-order valence-electron chi connectivity index (χ2n) is 6.06. The lowest BCUT2D eigenvalue weighted by Crippen LogP contribution is -2.38. The molecule has 1 saturated carbocycles. The van der Waals surface area contributed by atoms with Crippen molar-refractivity contribution in [1.82, 2.24) is 5.32 Å². The van der Waals surface area contributed by atoms with E-state index in [0.717, 1.165) is 31.4 Å². The summed E-state index contributed by atoms with van der Waals surface area (Å²) in [4.78, 5) is 12.0. The molecule has 0 bridgehead atoms. The van der Waals surface area contributed by atoms with Gasteiger partial charge in [0.25, 0.3) is 0 Å². The minimum Gasteiger partial charge on any atom is -0.376 e. The van der Waals surface area contributed by atoms with Gasteiger partial charge >= 0.3 is 0 Å². The van der Waals surface area contributed by atoms with Crippen molar-refractivity contribution in [3.8, 4) is 0 Å². The van der Waals surface area contributed by atoms with E-state index in [4.69, 9.17) is 0 Å². The smallest absolute Gasteiger partial charge is 0.239 e. The molecule has 0 heterocycles. The van der Waals surface area contributed by atoms with Crippen molar-refractivity contribution in [3.05, 3.63) is 29.8 Å². The van der Waals surface area contributed by atoms with Crippen molar-refractivity contribution < 1.29 is 4.79 Å². The zero-order chi connectivity index (χ0) is 14.9. The molecule has 0 radical (unpaired) electrons. The number of hydrogen-bond donors (Lipinski definition) is 2. The zero-order valence-corrected chi connectivity index (χ0v) is 13.2. The topological polar surface area (TPSA) is 41.1 Å². The van der Waals surface area contributed by atoms with E-state index < -0.39 is 0 Å². The number of carbonyl (C=O) groups is 1. The van der Waals surface area contributed by atoms with Crippen molar-refractivity contribution in [2.45, 2.75) is 64.3 Å². The summed E-state index contributed by atoms with van der Waals surface area (Å²) in [5.74, 6) is 0.111. The highest BCUT2D eigenvalue weighted by atomic mass is 16.1. The molecule has 3 heteroatoms. The SMILES string of the molecule is CCCc1ccc(NCC(=O)NC2CCCCCC2)cc1. The van der Waals surface area contributed by atoms with Crippen molar-refractivity contribution >= 4 is 11.6 Å². The van der Waals surface area contributed by atoms with Crippen LogP contribution in [0.5, 0.6) is 0 Å². The molecular formula is C18H28N2O. The first-order valence-electron chi connectivity index (χ1n) is 8.40. The summed E-state index contributed by atoms with van der Waals surface area (Å²) in [6, 6.07) is 8.77. The predicted molar refractivity (Wildman–Crippen MR) is 88.6 cm³/mol. The molecule has 1 aliphatic rings. The number of anilines is 1. The quantitative estimate of drug-likeness (QED) is 0.780. The molecule has 2 rings (SSSR count). The van der Waals surface area contributed by atoms with Crippen molar-refractivity contribution in [1.29, 1.82) is 0 Å². The first-order valence-corrected chi connectivity index (χ1v) is 8.40. The van der Waals surface area contributed by atoms with E-state index in [9.17, 15) is 4.79 Å². The Balaban J connectivity index is 1.72. The Bertz CT molecular complexity index is 419. The summed E-state index contributed by atoms with van der Waals surface area (Å²) in [6.45, 7) is 2.55. The minimum atomic E-state index is 0.111. The van der Waals surface area contributed by atoms with Crippen LogP contribution in [0.25, 0.3) is 0 Å². The van der Waals surface area contributed by atoms with E-state index >= 15 is 0 Å². The molecule has 1 fully saturated rings. The Morgan fingerprint density at radius 3 is 2.38 bits per heavy atom. The molecule has 116 valence electrons. The van der Waals surface area contributed by atoms with Crippen molar-refractivity contribution in [3.63, 3.8) is 0 Å². The molecule has 1 amide bonds. The lowest BCUT2D eigenvalue weighted by molar-refractivity contribution is -0.120. The van der Waals surface area contributed by atoms with Gasteiger partial charge in [-0.25, -0.2) is 0 Å². The first-order chi connectivity index (χ1) is 10.3. The summed E-state index contributed by atoms with van der Waals surface area (Å²) >= 11 is 0. The van der Waals surface area contributed by atoms with E-state index in [0.29, 0.717) is 12.6 Å². The molecule has 2 N–H and O–H groups in total. The minimum absolute atomic E-state index is 0.111. The summed E-state index contributed by atoms with van der Waals surface area (Å²) in [6.07, 6.45) is 9.67. The van der Waals surface area contributed by atoms with Crippen LogP contribution in [0.4, 0.5) is 5.69 Å². The van der Waals surface area contributed by atoms with Gasteiger partial charge in [-0.1, -0.05) is 51.2 Å². The van der Waals surface area contributed by atoms with Crippen LogP contribution in [-0.4, -0.2) is 18.5 Å². The summed E-state index contributed by atoms with van der Waals surface area (Å²) in [5, 5.41) is 6.37. The molecule has 0 atom stereocenters. The van der Waals surface area contributed by atoms with Gasteiger partial charge < -0.3 is 10.6 Å². The van der Waals surface area contributed by atoms with Crippen LogP contribution < -0.4 is 10.6 Å². The van der Waals surface area contributed by atoms with Gasteiger partial charge in [-0.05, 0) is 37.0 Å². The van der Waals surface area contributed by atoms with E-state index in [1.807, 2.05) is 0 Å². The Kier molecular flexibility index (Phi) is 6.58. The summed E-state index contributed by atoms with van der Waals surface area (Å²) < 4.78 is 0. The maximum atomic E-state index is 12.0. The Morgan fingerprint density at radius 2 is 1.76 bits per heavy atom. The highest BCUT2D eigenvalue weighted by Gasteiger charge is 2.14. The maximum absolute atomic E-state index is 12.0. The van der Waals surface area contributed by atoms with Crippen molar-refractivity contribution in [2.75, 3.05) is 11.9 Å². The number of hydrogen-bond acceptors (Lipinski definition) is 2. The predicted octanol–water partition coefficient (Wildman–Crippen LogP) is 3.89. The number of rotatable bonds is 6.